The Morgan fingerprint density at radius 2 is 2.00 bits per heavy atom. The Morgan fingerprint density at radius 3 is 2.79 bits per heavy atom. The number of carbonyl (C=O) groups excluding carboxylic acids is 1. The third kappa shape index (κ3) is 4.01. The molecule has 146 valence electrons. The van der Waals surface area contributed by atoms with E-state index in [2.05, 4.69) is 15.3 Å². The van der Waals surface area contributed by atoms with Gasteiger partial charge in [0.1, 0.15) is 11.5 Å². The molecule has 1 unspecified atom stereocenters. The lowest BCUT2D eigenvalue weighted by Gasteiger charge is -2.18. The molecule has 5 nitrogen and oxygen atoms in total. The van der Waals surface area contributed by atoms with E-state index in [1.807, 2.05) is 41.8 Å². The summed E-state index contributed by atoms with van der Waals surface area (Å²) >= 11 is 0. The zero-order chi connectivity index (χ0) is 20.2. The fourth-order valence-corrected chi connectivity index (χ4v) is 3.52. The minimum atomic E-state index is -0.457. The standard InChI is InChI=1S/C23H21FN4O/c1-16-6-5-11-28-21(15-27-23(16)28)19(18-8-2-3-9-20(18)24)12-22(29)26-14-17-7-4-10-25-13-17/h2-11,13,15,19H,12,14H2,1H3,(H,26,29). The number of halogens is 1. The minimum absolute atomic E-state index is 0.114. The molecule has 0 fully saturated rings. The zero-order valence-corrected chi connectivity index (χ0v) is 16.0. The smallest absolute Gasteiger partial charge is 0.221 e. The largest absolute Gasteiger partial charge is 0.352 e. The molecule has 0 aliphatic carbocycles. The molecular weight excluding hydrogens is 367 g/mol. The van der Waals surface area contributed by atoms with Crippen LogP contribution in [0.25, 0.3) is 5.65 Å². The third-order valence-electron chi connectivity index (χ3n) is 5.00. The molecule has 6 heteroatoms. The number of hydrogen-bond donors (Lipinski definition) is 1. The Labute approximate surface area is 168 Å². The van der Waals surface area contributed by atoms with Crippen LogP contribution in [-0.4, -0.2) is 20.3 Å². The highest BCUT2D eigenvalue weighted by molar-refractivity contribution is 5.77. The van der Waals surface area contributed by atoms with Gasteiger partial charge in [0.25, 0.3) is 0 Å². The number of hydrogen-bond acceptors (Lipinski definition) is 3. The molecule has 0 spiro atoms. The quantitative estimate of drug-likeness (QED) is 0.543. The van der Waals surface area contributed by atoms with Crippen LogP contribution in [0.2, 0.25) is 0 Å². The number of aryl methyl sites for hydroxylation is 1. The zero-order valence-electron chi connectivity index (χ0n) is 16.0. The minimum Gasteiger partial charge on any atom is -0.352 e. The second kappa shape index (κ2) is 8.22. The molecule has 0 aliphatic heterocycles. The van der Waals surface area contributed by atoms with Crippen molar-refractivity contribution in [1.29, 1.82) is 0 Å². The summed E-state index contributed by atoms with van der Waals surface area (Å²) in [6, 6.07) is 14.2. The summed E-state index contributed by atoms with van der Waals surface area (Å²) in [6.07, 6.45) is 7.14. The second-order valence-corrected chi connectivity index (χ2v) is 6.98. The normalized spacial score (nSPS) is 12.1. The Kier molecular flexibility index (Phi) is 5.33. The number of nitrogens with one attached hydrogen (secondary N) is 1. The van der Waals surface area contributed by atoms with Crippen LogP contribution in [0, 0.1) is 12.7 Å². The van der Waals surface area contributed by atoms with E-state index in [1.165, 1.54) is 6.07 Å². The maximum atomic E-state index is 14.6. The van der Waals surface area contributed by atoms with Gasteiger partial charge in [-0.3, -0.25) is 9.78 Å². The van der Waals surface area contributed by atoms with E-state index >= 15 is 0 Å². The predicted octanol–water partition coefficient (Wildman–Crippen LogP) is 4.02. The van der Waals surface area contributed by atoms with Crippen molar-refractivity contribution in [3.63, 3.8) is 0 Å². The summed E-state index contributed by atoms with van der Waals surface area (Å²) in [6.45, 7) is 2.35. The Hall–Kier alpha value is -3.54. The molecule has 1 amide bonds. The van der Waals surface area contributed by atoms with Gasteiger partial charge >= 0.3 is 0 Å². The molecule has 0 aliphatic rings. The molecule has 4 rings (SSSR count). The molecule has 29 heavy (non-hydrogen) atoms. The van der Waals surface area contributed by atoms with Gasteiger partial charge in [-0.05, 0) is 41.8 Å². The molecule has 1 atom stereocenters. The molecular formula is C23H21FN4O. The van der Waals surface area contributed by atoms with Crippen molar-refractivity contribution in [2.24, 2.45) is 0 Å². The first kappa shape index (κ1) is 18.8. The molecule has 0 saturated carbocycles. The SMILES string of the molecule is Cc1cccn2c(C(CC(=O)NCc3cccnc3)c3ccccc3F)cnc12. The van der Waals surface area contributed by atoms with E-state index in [1.54, 1.807) is 36.8 Å². The lowest BCUT2D eigenvalue weighted by molar-refractivity contribution is -0.121. The highest BCUT2D eigenvalue weighted by atomic mass is 19.1. The monoisotopic (exact) mass is 388 g/mol. The highest BCUT2D eigenvalue weighted by Crippen LogP contribution is 2.31. The number of fused-ring (bicyclic) bond motifs is 1. The fourth-order valence-electron chi connectivity index (χ4n) is 3.52. The Balaban J connectivity index is 1.65. The Bertz CT molecular complexity index is 1140. The van der Waals surface area contributed by atoms with Gasteiger partial charge in [0.2, 0.25) is 5.91 Å². The van der Waals surface area contributed by atoms with Gasteiger partial charge in [-0.2, -0.15) is 0 Å². The van der Waals surface area contributed by atoms with Crippen LogP contribution < -0.4 is 5.32 Å². The van der Waals surface area contributed by atoms with Crippen molar-refractivity contribution >= 4 is 11.6 Å². The van der Waals surface area contributed by atoms with Crippen LogP contribution in [0.5, 0.6) is 0 Å². The van der Waals surface area contributed by atoms with Gasteiger partial charge in [0.15, 0.2) is 0 Å². The third-order valence-corrected chi connectivity index (χ3v) is 5.00. The summed E-state index contributed by atoms with van der Waals surface area (Å²) in [5, 5.41) is 2.91. The van der Waals surface area contributed by atoms with E-state index < -0.39 is 5.92 Å². The van der Waals surface area contributed by atoms with Crippen LogP contribution >= 0.6 is 0 Å². The molecule has 0 bridgehead atoms. The first-order valence-electron chi connectivity index (χ1n) is 9.46. The van der Waals surface area contributed by atoms with Gasteiger partial charge in [0.05, 0.1) is 5.69 Å². The number of rotatable bonds is 6. The molecule has 0 saturated heterocycles. The van der Waals surface area contributed by atoms with Crippen molar-refractivity contribution in [2.75, 3.05) is 0 Å². The topological polar surface area (TPSA) is 59.3 Å². The summed E-state index contributed by atoms with van der Waals surface area (Å²) in [4.78, 5) is 21.3. The summed E-state index contributed by atoms with van der Waals surface area (Å²) < 4.78 is 16.6. The average Bonchev–Trinajstić information content (AvgIpc) is 3.17. The number of imidazole rings is 1. The predicted molar refractivity (Wildman–Crippen MR) is 109 cm³/mol. The van der Waals surface area contributed by atoms with Crippen molar-refractivity contribution in [1.82, 2.24) is 19.7 Å². The maximum absolute atomic E-state index is 14.6. The van der Waals surface area contributed by atoms with Crippen molar-refractivity contribution in [3.8, 4) is 0 Å². The van der Waals surface area contributed by atoms with Gasteiger partial charge in [0, 0.05) is 43.7 Å². The highest BCUT2D eigenvalue weighted by Gasteiger charge is 2.24. The number of benzene rings is 1. The number of amides is 1. The van der Waals surface area contributed by atoms with Crippen molar-refractivity contribution in [2.45, 2.75) is 25.8 Å². The number of pyridine rings is 2. The number of aromatic nitrogens is 3. The van der Waals surface area contributed by atoms with Crippen LogP contribution in [-0.2, 0) is 11.3 Å². The molecule has 3 aromatic heterocycles. The van der Waals surface area contributed by atoms with Crippen LogP contribution in [0.15, 0.2) is 73.3 Å². The summed E-state index contributed by atoms with van der Waals surface area (Å²) in [7, 11) is 0. The average molecular weight is 388 g/mol. The lowest BCUT2D eigenvalue weighted by atomic mass is 9.91. The van der Waals surface area contributed by atoms with Crippen LogP contribution in [0.3, 0.4) is 0 Å². The summed E-state index contributed by atoms with van der Waals surface area (Å²) in [5.41, 5.74) is 4.00. The van der Waals surface area contributed by atoms with Gasteiger partial charge in [-0.1, -0.05) is 30.3 Å². The number of nitrogens with zero attached hydrogens (tertiary/aromatic N) is 3. The molecule has 3 heterocycles. The molecule has 1 N–H and O–H groups in total. The van der Waals surface area contributed by atoms with Crippen molar-refractivity contribution in [3.05, 3.63) is 102 Å². The first-order valence-corrected chi connectivity index (χ1v) is 9.46. The maximum Gasteiger partial charge on any atom is 0.221 e. The second-order valence-electron chi connectivity index (χ2n) is 6.98. The van der Waals surface area contributed by atoms with Gasteiger partial charge < -0.3 is 9.72 Å². The lowest BCUT2D eigenvalue weighted by Crippen LogP contribution is -2.25. The molecule has 1 aromatic carbocycles. The van der Waals surface area contributed by atoms with E-state index in [4.69, 9.17) is 0 Å². The van der Waals surface area contributed by atoms with Crippen LogP contribution in [0.4, 0.5) is 4.39 Å². The van der Waals surface area contributed by atoms with Crippen LogP contribution in [0.1, 0.15) is 34.7 Å². The van der Waals surface area contributed by atoms with E-state index in [9.17, 15) is 9.18 Å². The van der Waals surface area contributed by atoms with Gasteiger partial charge in [-0.15, -0.1) is 0 Å². The van der Waals surface area contributed by atoms with Gasteiger partial charge in [-0.25, -0.2) is 9.37 Å². The number of carbonyl (C=O) groups is 1. The fraction of sp³-hybridized carbons (Fsp3) is 0.174. The van der Waals surface area contributed by atoms with E-state index in [-0.39, 0.29) is 18.1 Å². The summed E-state index contributed by atoms with van der Waals surface area (Å²) in [5.74, 6) is -0.952. The first-order chi connectivity index (χ1) is 14.1. The van der Waals surface area contributed by atoms with E-state index in [0.717, 1.165) is 22.5 Å². The Morgan fingerprint density at radius 1 is 1.14 bits per heavy atom. The van der Waals surface area contributed by atoms with E-state index in [0.29, 0.717) is 12.1 Å². The van der Waals surface area contributed by atoms with Crippen molar-refractivity contribution < 1.29 is 9.18 Å². The molecule has 4 aromatic rings. The molecule has 0 radical (unpaired) electrons.